The molecule has 1 heterocycles. The third-order valence-electron chi connectivity index (χ3n) is 3.90. The molecule has 0 aliphatic heterocycles. The fourth-order valence-corrected chi connectivity index (χ4v) is 2.52. The van der Waals surface area contributed by atoms with Crippen molar-refractivity contribution in [3.63, 3.8) is 0 Å². The van der Waals surface area contributed by atoms with Gasteiger partial charge in [0.15, 0.2) is 0 Å². The highest BCUT2D eigenvalue weighted by Gasteiger charge is 2.24. The number of esters is 1. The van der Waals surface area contributed by atoms with Crippen molar-refractivity contribution in [3.05, 3.63) is 76.1 Å². The molecule has 0 amide bonds. The van der Waals surface area contributed by atoms with Gasteiger partial charge in [0.2, 0.25) is 11.6 Å². The minimum absolute atomic E-state index is 0.0295. The summed E-state index contributed by atoms with van der Waals surface area (Å²) in [6, 6.07) is 13.8. The summed E-state index contributed by atoms with van der Waals surface area (Å²) in [7, 11) is 1.26. The average molecular weight is 379 g/mol. The smallest absolute Gasteiger partial charge is 0.353 e. The molecule has 142 valence electrons. The molecule has 0 spiro atoms. The van der Waals surface area contributed by atoms with Crippen LogP contribution in [0.5, 0.6) is 0 Å². The van der Waals surface area contributed by atoms with Gasteiger partial charge in [0, 0.05) is 5.69 Å². The lowest BCUT2D eigenvalue weighted by molar-refractivity contribution is -0.383. The molecule has 0 saturated carbocycles. The average Bonchev–Trinajstić information content (AvgIpc) is 2.69. The van der Waals surface area contributed by atoms with Gasteiger partial charge in [-0.05, 0) is 31.2 Å². The lowest BCUT2D eigenvalue weighted by Gasteiger charge is -2.12. The Labute approximate surface area is 160 Å². The molecule has 9 heteroatoms. The first kappa shape index (κ1) is 18.8. The lowest BCUT2D eigenvalue weighted by Crippen LogP contribution is -2.09. The van der Waals surface area contributed by atoms with E-state index in [1.807, 2.05) is 19.1 Å². The highest BCUT2D eigenvalue weighted by atomic mass is 16.6. The van der Waals surface area contributed by atoms with Crippen LogP contribution >= 0.6 is 0 Å². The zero-order valence-electron chi connectivity index (χ0n) is 15.2. The summed E-state index contributed by atoms with van der Waals surface area (Å²) in [6.45, 7) is 1.94. The number of carbonyl (C=O) groups is 1. The van der Waals surface area contributed by atoms with Gasteiger partial charge >= 0.3 is 11.7 Å². The molecule has 28 heavy (non-hydrogen) atoms. The second-order valence-electron chi connectivity index (χ2n) is 5.83. The highest BCUT2D eigenvalue weighted by Crippen LogP contribution is 2.33. The number of aromatic nitrogens is 2. The van der Waals surface area contributed by atoms with Crippen molar-refractivity contribution >= 4 is 34.7 Å². The zero-order chi connectivity index (χ0) is 20.1. The van der Waals surface area contributed by atoms with Crippen LogP contribution in [0.15, 0.2) is 54.9 Å². The van der Waals surface area contributed by atoms with E-state index < -0.39 is 10.9 Å². The van der Waals surface area contributed by atoms with Crippen molar-refractivity contribution in [3.8, 4) is 0 Å². The Balaban J connectivity index is 2.00. The number of anilines is 4. The SMILES string of the molecule is COC(=O)c1ccccc1Nc1ncnc(Nc2ccc(C)cc2)c1[N+](=O)[O-]. The number of aryl methyl sites for hydroxylation is 1. The van der Waals surface area contributed by atoms with E-state index >= 15 is 0 Å². The molecule has 9 nitrogen and oxygen atoms in total. The zero-order valence-corrected chi connectivity index (χ0v) is 15.2. The van der Waals surface area contributed by atoms with Crippen LogP contribution in [0.1, 0.15) is 15.9 Å². The summed E-state index contributed by atoms with van der Waals surface area (Å²) in [5.74, 6) is -0.592. The normalized spacial score (nSPS) is 10.2. The van der Waals surface area contributed by atoms with Crippen molar-refractivity contribution in [2.75, 3.05) is 17.7 Å². The Morgan fingerprint density at radius 1 is 1.04 bits per heavy atom. The summed E-state index contributed by atoms with van der Waals surface area (Å²) in [6.07, 6.45) is 1.20. The molecule has 0 saturated heterocycles. The molecule has 2 N–H and O–H groups in total. The van der Waals surface area contributed by atoms with Crippen molar-refractivity contribution in [1.82, 2.24) is 9.97 Å². The first-order chi connectivity index (χ1) is 13.5. The van der Waals surface area contributed by atoms with Gasteiger partial charge in [-0.15, -0.1) is 0 Å². The number of hydrogen-bond acceptors (Lipinski definition) is 8. The predicted octanol–water partition coefficient (Wildman–Crippen LogP) is 3.97. The molecule has 0 bridgehead atoms. The summed E-state index contributed by atoms with van der Waals surface area (Å²) in [5, 5.41) is 17.5. The molecule has 0 fully saturated rings. The number of nitro groups is 1. The van der Waals surface area contributed by atoms with Gasteiger partial charge in [-0.2, -0.15) is 0 Å². The van der Waals surface area contributed by atoms with Crippen LogP contribution in [-0.4, -0.2) is 28.0 Å². The number of methoxy groups -OCH3 is 1. The Hall–Kier alpha value is -4.01. The summed E-state index contributed by atoms with van der Waals surface area (Å²) < 4.78 is 4.75. The van der Waals surface area contributed by atoms with Gasteiger partial charge in [0.05, 0.1) is 23.3 Å². The van der Waals surface area contributed by atoms with E-state index in [9.17, 15) is 14.9 Å². The maximum absolute atomic E-state index is 11.9. The maximum Gasteiger partial charge on any atom is 0.353 e. The maximum atomic E-state index is 11.9. The first-order valence-corrected chi connectivity index (χ1v) is 8.27. The third-order valence-corrected chi connectivity index (χ3v) is 3.90. The summed E-state index contributed by atoms with van der Waals surface area (Å²) in [4.78, 5) is 31.0. The van der Waals surface area contributed by atoms with Gasteiger partial charge in [-0.1, -0.05) is 29.8 Å². The largest absolute Gasteiger partial charge is 0.465 e. The Morgan fingerprint density at radius 2 is 1.68 bits per heavy atom. The number of hydrogen-bond donors (Lipinski definition) is 2. The van der Waals surface area contributed by atoms with Gasteiger partial charge in [0.25, 0.3) is 0 Å². The topological polar surface area (TPSA) is 119 Å². The van der Waals surface area contributed by atoms with E-state index in [-0.39, 0.29) is 22.9 Å². The Bertz CT molecular complexity index is 1020. The molecular weight excluding hydrogens is 362 g/mol. The molecule has 0 atom stereocenters. The number of carbonyl (C=O) groups excluding carboxylic acids is 1. The first-order valence-electron chi connectivity index (χ1n) is 8.27. The number of nitrogens with one attached hydrogen (secondary N) is 2. The van der Waals surface area contributed by atoms with E-state index in [2.05, 4.69) is 20.6 Å². The van der Waals surface area contributed by atoms with Crippen molar-refractivity contribution in [1.29, 1.82) is 0 Å². The van der Waals surface area contributed by atoms with E-state index in [1.54, 1.807) is 36.4 Å². The summed E-state index contributed by atoms with van der Waals surface area (Å²) >= 11 is 0. The molecule has 0 unspecified atom stereocenters. The highest BCUT2D eigenvalue weighted by molar-refractivity contribution is 5.96. The van der Waals surface area contributed by atoms with E-state index in [1.165, 1.54) is 13.4 Å². The van der Waals surface area contributed by atoms with Crippen LogP contribution in [0.3, 0.4) is 0 Å². The number of para-hydroxylation sites is 1. The van der Waals surface area contributed by atoms with Crippen LogP contribution in [0.4, 0.5) is 28.7 Å². The van der Waals surface area contributed by atoms with Crippen LogP contribution in [-0.2, 0) is 4.74 Å². The Kier molecular flexibility index (Phi) is 5.45. The fourth-order valence-electron chi connectivity index (χ4n) is 2.52. The van der Waals surface area contributed by atoms with Crippen LogP contribution in [0.2, 0.25) is 0 Å². The fraction of sp³-hybridized carbons (Fsp3) is 0.105. The van der Waals surface area contributed by atoms with Crippen LogP contribution < -0.4 is 10.6 Å². The van der Waals surface area contributed by atoms with E-state index in [0.717, 1.165) is 5.56 Å². The van der Waals surface area contributed by atoms with E-state index in [0.29, 0.717) is 11.4 Å². The van der Waals surface area contributed by atoms with Crippen molar-refractivity contribution in [2.45, 2.75) is 6.92 Å². The second-order valence-corrected chi connectivity index (χ2v) is 5.83. The van der Waals surface area contributed by atoms with Gasteiger partial charge < -0.3 is 15.4 Å². The minimum atomic E-state index is -0.584. The molecule has 0 radical (unpaired) electrons. The number of benzene rings is 2. The number of ether oxygens (including phenoxy) is 1. The van der Waals surface area contributed by atoms with Gasteiger partial charge in [-0.3, -0.25) is 10.1 Å². The van der Waals surface area contributed by atoms with E-state index in [4.69, 9.17) is 4.74 Å². The molecular formula is C19H17N5O4. The Morgan fingerprint density at radius 3 is 2.32 bits per heavy atom. The molecule has 1 aromatic heterocycles. The second kappa shape index (κ2) is 8.12. The summed E-state index contributed by atoms with van der Waals surface area (Å²) in [5.41, 5.74) is 1.92. The molecule has 0 aliphatic rings. The predicted molar refractivity (Wildman–Crippen MR) is 104 cm³/mol. The minimum Gasteiger partial charge on any atom is -0.465 e. The third kappa shape index (κ3) is 4.04. The van der Waals surface area contributed by atoms with Crippen molar-refractivity contribution < 1.29 is 14.5 Å². The van der Waals surface area contributed by atoms with Crippen molar-refractivity contribution in [2.24, 2.45) is 0 Å². The number of nitrogens with zero attached hydrogens (tertiary/aromatic N) is 3. The van der Waals surface area contributed by atoms with Gasteiger partial charge in [0.1, 0.15) is 6.33 Å². The number of rotatable bonds is 6. The monoisotopic (exact) mass is 379 g/mol. The molecule has 2 aromatic carbocycles. The van der Waals surface area contributed by atoms with Crippen LogP contribution in [0.25, 0.3) is 0 Å². The lowest BCUT2D eigenvalue weighted by atomic mass is 10.2. The molecule has 0 aliphatic carbocycles. The van der Waals surface area contributed by atoms with Gasteiger partial charge in [-0.25, -0.2) is 14.8 Å². The standard InChI is InChI=1S/C19H17N5O4/c1-12-7-9-13(10-8-12)22-17-16(24(26)27)18(21-11-20-17)23-15-6-4-3-5-14(15)19(25)28-2/h3-11H,1-2H3,(H2,20,21,22,23). The van der Waals surface area contributed by atoms with Crippen LogP contribution in [0, 0.1) is 17.0 Å². The quantitative estimate of drug-likeness (QED) is 0.375. The molecule has 3 rings (SSSR count). The molecule has 3 aromatic rings.